The number of thiocarbonyl (C=S) groups is 1. The third-order valence-electron chi connectivity index (χ3n) is 2.55. The highest BCUT2D eigenvalue weighted by Gasteiger charge is 2.30. The summed E-state index contributed by atoms with van der Waals surface area (Å²) in [6.07, 6.45) is 2.73. The lowest BCUT2D eigenvalue weighted by molar-refractivity contribution is -0.121. The summed E-state index contributed by atoms with van der Waals surface area (Å²) in [5.74, 6) is -0.430. The highest BCUT2D eigenvalue weighted by Crippen LogP contribution is 2.32. The Morgan fingerprint density at radius 3 is 2.95 bits per heavy atom. The highest BCUT2D eigenvalue weighted by molar-refractivity contribution is 8.26. The summed E-state index contributed by atoms with van der Waals surface area (Å²) < 4.78 is 19.0. The van der Waals surface area contributed by atoms with Gasteiger partial charge < -0.3 is 4.74 Å². The van der Waals surface area contributed by atoms with Gasteiger partial charge in [-0.1, -0.05) is 24.0 Å². The molecule has 1 saturated heterocycles. The molecule has 1 aromatic heterocycles. The molecular formula is C12H11FN2O2S2. The summed E-state index contributed by atoms with van der Waals surface area (Å²) in [7, 11) is 1.47. The van der Waals surface area contributed by atoms with Crippen LogP contribution in [-0.4, -0.2) is 33.8 Å². The zero-order valence-corrected chi connectivity index (χ0v) is 12.0. The van der Waals surface area contributed by atoms with Gasteiger partial charge in [-0.3, -0.25) is 9.69 Å². The van der Waals surface area contributed by atoms with E-state index in [4.69, 9.17) is 17.0 Å². The lowest BCUT2D eigenvalue weighted by atomic mass is 10.2. The first-order chi connectivity index (χ1) is 9.06. The Morgan fingerprint density at radius 1 is 1.63 bits per heavy atom. The smallest absolute Gasteiger partial charge is 0.266 e. The van der Waals surface area contributed by atoms with Crippen LogP contribution in [0.1, 0.15) is 12.5 Å². The molecule has 0 radical (unpaired) electrons. The van der Waals surface area contributed by atoms with Crippen molar-refractivity contribution in [2.24, 2.45) is 0 Å². The standard InChI is InChI=1S/C12H11FN2O2S2/c1-3-15-11(16)9(19-12(15)18)5-7-4-8(17-2)6-14-10(7)13/h4-6H,3H2,1-2H3. The van der Waals surface area contributed by atoms with Crippen molar-refractivity contribution in [3.8, 4) is 5.75 Å². The molecule has 1 aliphatic heterocycles. The molecule has 1 aromatic rings. The predicted octanol–water partition coefficient (Wildman–Crippen LogP) is 2.45. The molecule has 19 heavy (non-hydrogen) atoms. The van der Waals surface area contributed by atoms with Crippen LogP contribution in [0.15, 0.2) is 17.2 Å². The van der Waals surface area contributed by atoms with E-state index < -0.39 is 5.95 Å². The molecule has 100 valence electrons. The topological polar surface area (TPSA) is 42.4 Å². The van der Waals surface area contributed by atoms with E-state index in [-0.39, 0.29) is 11.5 Å². The van der Waals surface area contributed by atoms with Crippen molar-refractivity contribution in [3.05, 3.63) is 28.7 Å². The molecular weight excluding hydrogens is 287 g/mol. The third kappa shape index (κ3) is 2.76. The van der Waals surface area contributed by atoms with Gasteiger partial charge in [0.15, 0.2) is 0 Å². The average Bonchev–Trinajstić information content (AvgIpc) is 2.66. The second kappa shape index (κ2) is 5.66. The lowest BCUT2D eigenvalue weighted by Crippen LogP contribution is -2.27. The molecule has 0 saturated carbocycles. The van der Waals surface area contributed by atoms with Crippen LogP contribution in [0.4, 0.5) is 4.39 Å². The van der Waals surface area contributed by atoms with Crippen LogP contribution in [0.3, 0.4) is 0 Å². The summed E-state index contributed by atoms with van der Waals surface area (Å²) in [6, 6.07) is 1.49. The Labute approximate surface area is 119 Å². The Kier molecular flexibility index (Phi) is 4.16. The summed E-state index contributed by atoms with van der Waals surface area (Å²) in [5, 5.41) is 0. The fourth-order valence-electron chi connectivity index (χ4n) is 1.57. The van der Waals surface area contributed by atoms with Crippen molar-refractivity contribution in [1.82, 2.24) is 9.88 Å². The highest BCUT2D eigenvalue weighted by atomic mass is 32.2. The molecule has 4 nitrogen and oxygen atoms in total. The van der Waals surface area contributed by atoms with E-state index in [1.54, 1.807) is 0 Å². The summed E-state index contributed by atoms with van der Waals surface area (Å²) in [5.41, 5.74) is 0.205. The summed E-state index contributed by atoms with van der Waals surface area (Å²) in [4.78, 5) is 17.4. The van der Waals surface area contributed by atoms with Crippen molar-refractivity contribution in [1.29, 1.82) is 0 Å². The van der Waals surface area contributed by atoms with E-state index in [2.05, 4.69) is 4.98 Å². The van der Waals surface area contributed by atoms with Gasteiger partial charge in [0, 0.05) is 12.1 Å². The molecule has 1 aliphatic rings. The maximum Gasteiger partial charge on any atom is 0.266 e. The molecule has 0 N–H and O–H groups in total. The quantitative estimate of drug-likeness (QED) is 0.487. The number of likely N-dealkylation sites (N-methyl/N-ethyl adjacent to an activating group) is 1. The number of pyridine rings is 1. The Morgan fingerprint density at radius 2 is 2.37 bits per heavy atom. The normalized spacial score (nSPS) is 17.4. The van der Waals surface area contributed by atoms with Crippen molar-refractivity contribution in [2.45, 2.75) is 6.92 Å². The van der Waals surface area contributed by atoms with Gasteiger partial charge in [0.25, 0.3) is 5.91 Å². The number of nitrogens with zero attached hydrogens (tertiary/aromatic N) is 2. The Bertz CT molecular complexity index is 575. The predicted molar refractivity (Wildman–Crippen MR) is 76.3 cm³/mol. The summed E-state index contributed by atoms with van der Waals surface area (Å²) >= 11 is 6.24. The Balaban J connectivity index is 2.37. The second-order valence-corrected chi connectivity index (χ2v) is 5.36. The van der Waals surface area contributed by atoms with Gasteiger partial charge in [-0.2, -0.15) is 4.39 Å². The van der Waals surface area contributed by atoms with Crippen LogP contribution in [0.25, 0.3) is 6.08 Å². The van der Waals surface area contributed by atoms with Crippen LogP contribution in [0.2, 0.25) is 0 Å². The number of carbonyl (C=O) groups is 1. The molecule has 0 aromatic carbocycles. The molecule has 2 rings (SSSR count). The van der Waals surface area contributed by atoms with Gasteiger partial charge in [-0.05, 0) is 19.1 Å². The zero-order chi connectivity index (χ0) is 14.0. The van der Waals surface area contributed by atoms with Crippen LogP contribution in [0.5, 0.6) is 5.75 Å². The minimum Gasteiger partial charge on any atom is -0.495 e. The first kappa shape index (κ1) is 14.0. The SMILES string of the molecule is CCN1C(=O)C(=Cc2cc(OC)cnc2F)SC1=S. The number of amides is 1. The number of methoxy groups -OCH3 is 1. The van der Waals surface area contributed by atoms with E-state index in [1.807, 2.05) is 6.92 Å². The monoisotopic (exact) mass is 298 g/mol. The molecule has 0 bridgehead atoms. The number of aromatic nitrogens is 1. The second-order valence-electron chi connectivity index (χ2n) is 3.68. The van der Waals surface area contributed by atoms with Crippen molar-refractivity contribution in [3.63, 3.8) is 0 Å². The fraction of sp³-hybridized carbons (Fsp3) is 0.250. The van der Waals surface area contributed by atoms with E-state index >= 15 is 0 Å². The van der Waals surface area contributed by atoms with Crippen molar-refractivity contribution < 1.29 is 13.9 Å². The molecule has 7 heteroatoms. The molecule has 0 aliphatic carbocycles. The van der Waals surface area contributed by atoms with Crippen LogP contribution >= 0.6 is 24.0 Å². The zero-order valence-electron chi connectivity index (χ0n) is 10.3. The number of hydrogen-bond acceptors (Lipinski definition) is 5. The first-order valence-electron chi connectivity index (χ1n) is 5.51. The Hall–Kier alpha value is -1.47. The third-order valence-corrected chi connectivity index (χ3v) is 3.93. The number of thioether (sulfide) groups is 1. The average molecular weight is 298 g/mol. The van der Waals surface area contributed by atoms with Crippen LogP contribution in [-0.2, 0) is 4.79 Å². The number of rotatable bonds is 3. The van der Waals surface area contributed by atoms with Gasteiger partial charge in [0.05, 0.1) is 18.2 Å². The number of carbonyl (C=O) groups excluding carboxylic acids is 1. The fourth-order valence-corrected chi connectivity index (χ4v) is 2.95. The largest absolute Gasteiger partial charge is 0.495 e. The maximum absolute atomic E-state index is 13.6. The molecule has 0 atom stereocenters. The van der Waals surface area contributed by atoms with Gasteiger partial charge in [0.2, 0.25) is 5.95 Å². The molecule has 0 unspecified atom stereocenters. The molecule has 2 heterocycles. The van der Waals surface area contributed by atoms with Crippen LogP contribution < -0.4 is 4.74 Å². The lowest BCUT2D eigenvalue weighted by Gasteiger charge is -2.09. The van der Waals surface area contributed by atoms with Gasteiger partial charge in [-0.15, -0.1) is 0 Å². The summed E-state index contributed by atoms with van der Waals surface area (Å²) in [6.45, 7) is 2.34. The number of ether oxygens (including phenoxy) is 1. The van der Waals surface area contributed by atoms with Crippen LogP contribution in [0, 0.1) is 5.95 Å². The first-order valence-corrected chi connectivity index (χ1v) is 6.74. The van der Waals surface area contributed by atoms with Crippen molar-refractivity contribution >= 4 is 40.3 Å². The molecule has 0 spiro atoms. The minimum absolute atomic E-state index is 0.205. The van der Waals surface area contributed by atoms with E-state index in [9.17, 15) is 9.18 Å². The van der Waals surface area contributed by atoms with Gasteiger partial charge in [0.1, 0.15) is 10.1 Å². The molecule has 1 amide bonds. The number of halogens is 1. The van der Waals surface area contributed by atoms with Gasteiger partial charge >= 0.3 is 0 Å². The van der Waals surface area contributed by atoms with E-state index in [0.717, 1.165) is 11.8 Å². The van der Waals surface area contributed by atoms with Crippen molar-refractivity contribution in [2.75, 3.05) is 13.7 Å². The van der Waals surface area contributed by atoms with E-state index in [0.29, 0.717) is 21.5 Å². The maximum atomic E-state index is 13.6. The van der Waals surface area contributed by atoms with Gasteiger partial charge in [-0.25, -0.2) is 4.98 Å². The van der Waals surface area contributed by atoms with E-state index in [1.165, 1.54) is 30.3 Å². The minimum atomic E-state index is -0.650. The number of hydrogen-bond donors (Lipinski definition) is 0. The molecule has 1 fully saturated rings.